The summed E-state index contributed by atoms with van der Waals surface area (Å²) >= 11 is 22.4. The van der Waals surface area contributed by atoms with E-state index in [1.807, 2.05) is 51.1 Å². The number of hydrogen-bond donors (Lipinski definition) is 0. The fourth-order valence-electron chi connectivity index (χ4n) is 3.10. The van der Waals surface area contributed by atoms with E-state index in [1.54, 1.807) is 16.8 Å². The van der Waals surface area contributed by atoms with Gasteiger partial charge in [-0.25, -0.2) is 4.68 Å². The molecule has 31 heavy (non-hydrogen) atoms. The van der Waals surface area contributed by atoms with E-state index < -0.39 is 0 Å². The molecule has 0 spiro atoms. The van der Waals surface area contributed by atoms with Crippen molar-refractivity contribution in [1.29, 1.82) is 0 Å². The fourth-order valence-corrected chi connectivity index (χ4v) is 4.25. The molecule has 0 amide bonds. The summed E-state index contributed by atoms with van der Waals surface area (Å²) in [6.07, 6.45) is 0. The zero-order valence-corrected chi connectivity index (χ0v) is 20.8. The lowest BCUT2D eigenvalue weighted by Crippen LogP contribution is -2.11. The van der Waals surface area contributed by atoms with Crippen molar-refractivity contribution in [2.24, 2.45) is 0 Å². The molecule has 4 aromatic rings. The van der Waals surface area contributed by atoms with E-state index in [9.17, 15) is 0 Å². The first-order chi connectivity index (χ1) is 14.7. The Labute approximate surface area is 203 Å². The summed E-state index contributed by atoms with van der Waals surface area (Å²) in [5.41, 5.74) is 3.62. The van der Waals surface area contributed by atoms with Crippen LogP contribution in [0.1, 0.15) is 32.2 Å². The maximum atomic E-state index is 6.53. The second-order valence-electron chi connectivity index (χ2n) is 7.99. The highest BCUT2D eigenvalue weighted by Crippen LogP contribution is 2.38. The molecule has 160 valence electrons. The van der Waals surface area contributed by atoms with Crippen molar-refractivity contribution < 1.29 is 4.42 Å². The van der Waals surface area contributed by atoms with Gasteiger partial charge in [0.2, 0.25) is 5.89 Å². The van der Waals surface area contributed by atoms with Gasteiger partial charge in [-0.3, -0.25) is 0 Å². The van der Waals surface area contributed by atoms with Crippen LogP contribution in [0.4, 0.5) is 0 Å². The molecule has 0 N–H and O–H groups in total. The first-order valence-electron chi connectivity index (χ1n) is 9.42. The first kappa shape index (κ1) is 22.3. The summed E-state index contributed by atoms with van der Waals surface area (Å²) in [6.45, 7) is 6.04. The molecule has 0 radical (unpaired) electrons. The molecule has 0 aliphatic rings. The monoisotopic (exact) mass is 538 g/mol. The number of halogens is 4. The van der Waals surface area contributed by atoms with E-state index in [-0.39, 0.29) is 5.41 Å². The van der Waals surface area contributed by atoms with Gasteiger partial charge in [0.1, 0.15) is 0 Å². The SMILES string of the molecule is CC(C)(C)c1nnc(-c2nn(-c3ccc(Cl)cc3Cl)c(-c3ccc(Cl)cc3)c2CBr)o1. The van der Waals surface area contributed by atoms with Gasteiger partial charge in [0.25, 0.3) is 5.89 Å². The van der Waals surface area contributed by atoms with E-state index in [2.05, 4.69) is 26.1 Å². The molecule has 5 nitrogen and oxygen atoms in total. The average molecular weight is 541 g/mol. The minimum atomic E-state index is -0.277. The summed E-state index contributed by atoms with van der Waals surface area (Å²) in [7, 11) is 0. The van der Waals surface area contributed by atoms with Crippen LogP contribution in [-0.2, 0) is 10.7 Å². The molecule has 0 bridgehead atoms. The molecule has 0 aliphatic heterocycles. The van der Waals surface area contributed by atoms with Crippen molar-refractivity contribution in [2.75, 3.05) is 0 Å². The predicted octanol–water partition coefficient (Wildman–Crippen LogP) is 7.74. The van der Waals surface area contributed by atoms with Gasteiger partial charge in [0, 0.05) is 31.9 Å². The van der Waals surface area contributed by atoms with Crippen LogP contribution in [0.25, 0.3) is 28.5 Å². The summed E-state index contributed by atoms with van der Waals surface area (Å²) in [5, 5.41) is 15.5. The Morgan fingerprint density at radius 3 is 2.23 bits per heavy atom. The van der Waals surface area contributed by atoms with Gasteiger partial charge in [-0.2, -0.15) is 5.10 Å². The summed E-state index contributed by atoms with van der Waals surface area (Å²) in [6, 6.07) is 12.8. The van der Waals surface area contributed by atoms with Crippen molar-refractivity contribution in [3.8, 4) is 28.5 Å². The highest BCUT2D eigenvalue weighted by Gasteiger charge is 2.28. The lowest BCUT2D eigenvalue weighted by atomic mass is 9.97. The molecular weight excluding hydrogens is 523 g/mol. The van der Waals surface area contributed by atoms with Crippen LogP contribution in [0.3, 0.4) is 0 Å². The molecule has 0 aliphatic carbocycles. The van der Waals surface area contributed by atoms with E-state index >= 15 is 0 Å². The molecule has 2 aromatic heterocycles. The Hall–Kier alpha value is -1.86. The standard InChI is InChI=1S/C22H18BrCl3N4O/c1-22(2,3)21-28-27-20(31-21)18-15(11-23)19(12-4-6-13(24)7-5-12)30(29-18)17-9-8-14(25)10-16(17)26/h4-10H,11H2,1-3H3. The molecule has 0 unspecified atom stereocenters. The normalized spacial score (nSPS) is 11.8. The van der Waals surface area contributed by atoms with Gasteiger partial charge in [-0.1, -0.05) is 83.6 Å². The van der Waals surface area contributed by atoms with Crippen molar-refractivity contribution in [1.82, 2.24) is 20.0 Å². The van der Waals surface area contributed by atoms with Gasteiger partial charge >= 0.3 is 0 Å². The smallest absolute Gasteiger partial charge is 0.268 e. The van der Waals surface area contributed by atoms with E-state index in [0.717, 1.165) is 16.8 Å². The van der Waals surface area contributed by atoms with Gasteiger partial charge in [0.15, 0.2) is 5.69 Å². The van der Waals surface area contributed by atoms with Crippen LogP contribution in [0.5, 0.6) is 0 Å². The zero-order valence-electron chi connectivity index (χ0n) is 17.0. The van der Waals surface area contributed by atoms with E-state index in [4.69, 9.17) is 44.3 Å². The van der Waals surface area contributed by atoms with Crippen molar-refractivity contribution >= 4 is 50.7 Å². The van der Waals surface area contributed by atoms with Crippen molar-refractivity contribution in [2.45, 2.75) is 31.5 Å². The topological polar surface area (TPSA) is 56.7 Å². The Morgan fingerprint density at radius 2 is 1.65 bits per heavy atom. The number of nitrogens with zero attached hydrogens (tertiary/aromatic N) is 4. The third-order valence-electron chi connectivity index (χ3n) is 4.64. The van der Waals surface area contributed by atoms with E-state index in [0.29, 0.717) is 43.6 Å². The maximum absolute atomic E-state index is 6.53. The third-order valence-corrected chi connectivity index (χ3v) is 5.99. The molecule has 4 rings (SSSR count). The number of aromatic nitrogens is 4. The Morgan fingerprint density at radius 1 is 0.968 bits per heavy atom. The largest absolute Gasteiger partial charge is 0.419 e. The van der Waals surface area contributed by atoms with Crippen LogP contribution in [0.2, 0.25) is 15.1 Å². The quantitative estimate of drug-likeness (QED) is 0.249. The lowest BCUT2D eigenvalue weighted by Gasteiger charge is -2.11. The Kier molecular flexibility index (Phi) is 6.19. The molecular formula is C22H18BrCl3N4O. The van der Waals surface area contributed by atoms with Crippen molar-refractivity contribution in [3.63, 3.8) is 0 Å². The minimum Gasteiger partial charge on any atom is -0.419 e. The molecule has 0 atom stereocenters. The second kappa shape index (κ2) is 8.58. The van der Waals surface area contributed by atoms with Crippen LogP contribution in [0, 0.1) is 0 Å². The average Bonchev–Trinajstić information content (AvgIpc) is 3.33. The summed E-state index contributed by atoms with van der Waals surface area (Å²) < 4.78 is 7.76. The third kappa shape index (κ3) is 4.40. The molecule has 9 heteroatoms. The van der Waals surface area contributed by atoms with Crippen LogP contribution in [0.15, 0.2) is 46.9 Å². The van der Waals surface area contributed by atoms with Gasteiger partial charge in [0.05, 0.1) is 16.4 Å². The number of benzene rings is 2. The fraction of sp³-hybridized carbons (Fsp3) is 0.227. The summed E-state index contributed by atoms with van der Waals surface area (Å²) in [4.78, 5) is 0. The number of alkyl halides is 1. The van der Waals surface area contributed by atoms with Gasteiger partial charge in [-0.15, -0.1) is 10.2 Å². The first-order valence-corrected chi connectivity index (χ1v) is 11.7. The van der Waals surface area contributed by atoms with Crippen LogP contribution >= 0.6 is 50.7 Å². The molecule has 2 heterocycles. The number of rotatable bonds is 4. The van der Waals surface area contributed by atoms with Crippen LogP contribution < -0.4 is 0 Å². The molecule has 0 saturated heterocycles. The number of hydrogen-bond acceptors (Lipinski definition) is 4. The molecule has 2 aromatic carbocycles. The van der Waals surface area contributed by atoms with Crippen molar-refractivity contribution in [3.05, 3.63) is 69.0 Å². The predicted molar refractivity (Wildman–Crippen MR) is 129 cm³/mol. The van der Waals surface area contributed by atoms with Gasteiger partial charge in [-0.05, 0) is 30.3 Å². The minimum absolute atomic E-state index is 0.277. The van der Waals surface area contributed by atoms with Crippen LogP contribution in [-0.4, -0.2) is 20.0 Å². The summed E-state index contributed by atoms with van der Waals surface area (Å²) in [5.74, 6) is 0.883. The second-order valence-corrected chi connectivity index (χ2v) is 9.83. The van der Waals surface area contributed by atoms with E-state index in [1.165, 1.54) is 0 Å². The lowest BCUT2D eigenvalue weighted by molar-refractivity contribution is 0.398. The highest BCUT2D eigenvalue weighted by molar-refractivity contribution is 9.08. The maximum Gasteiger partial charge on any atom is 0.268 e. The molecule has 0 saturated carbocycles. The Balaban J connectivity index is 1.99. The highest BCUT2D eigenvalue weighted by atomic mass is 79.9. The Bertz CT molecular complexity index is 1240. The van der Waals surface area contributed by atoms with Gasteiger partial charge < -0.3 is 4.42 Å². The molecule has 0 fully saturated rings. The zero-order chi connectivity index (χ0) is 22.3.